The first-order valence-corrected chi connectivity index (χ1v) is 10.7. The standard InChI is InChI=1S/C23H26N2OS/c1-24-20-4-2-3-5-22(20)27-23-14-17(6-7-21(23)24)16-26-13-10-19-15-25-11-8-18(19)9-12-25/h2-7,10,14,18H,8-9,11-13,15-16H2,1H3. The van der Waals surface area contributed by atoms with Gasteiger partial charge in [-0.3, -0.25) is 4.90 Å². The minimum absolute atomic E-state index is 0.678. The number of fused-ring (bicyclic) bond motifs is 5. The Morgan fingerprint density at radius 2 is 1.89 bits per heavy atom. The van der Waals surface area contributed by atoms with E-state index in [1.807, 2.05) is 11.8 Å². The van der Waals surface area contributed by atoms with E-state index in [4.69, 9.17) is 4.74 Å². The van der Waals surface area contributed by atoms with Crippen molar-refractivity contribution in [2.75, 3.05) is 38.2 Å². The van der Waals surface area contributed by atoms with E-state index in [0.29, 0.717) is 6.61 Å². The molecular weight excluding hydrogens is 352 g/mol. The van der Waals surface area contributed by atoms with E-state index in [1.165, 1.54) is 52.7 Å². The summed E-state index contributed by atoms with van der Waals surface area (Å²) in [7, 11) is 2.15. The Balaban J connectivity index is 1.23. The third-order valence-electron chi connectivity index (χ3n) is 6.08. The van der Waals surface area contributed by atoms with Crippen molar-refractivity contribution in [3.05, 3.63) is 59.7 Å². The molecule has 0 spiro atoms. The Morgan fingerprint density at radius 3 is 2.70 bits per heavy atom. The molecule has 0 aliphatic carbocycles. The number of nitrogens with zero attached hydrogens (tertiary/aromatic N) is 2. The Bertz CT molecular complexity index is 870. The number of rotatable bonds is 4. The number of ether oxygens (including phenoxy) is 1. The number of para-hydroxylation sites is 1. The van der Waals surface area contributed by atoms with Gasteiger partial charge in [0.25, 0.3) is 0 Å². The highest BCUT2D eigenvalue weighted by Crippen LogP contribution is 2.47. The van der Waals surface area contributed by atoms with Crippen LogP contribution in [0.3, 0.4) is 0 Å². The minimum Gasteiger partial charge on any atom is -0.373 e. The van der Waals surface area contributed by atoms with Crippen molar-refractivity contribution < 1.29 is 4.74 Å². The molecule has 0 unspecified atom stereocenters. The maximum absolute atomic E-state index is 6.00. The minimum atomic E-state index is 0.678. The lowest BCUT2D eigenvalue weighted by atomic mass is 9.84. The van der Waals surface area contributed by atoms with Crippen molar-refractivity contribution in [1.29, 1.82) is 0 Å². The van der Waals surface area contributed by atoms with E-state index in [1.54, 1.807) is 5.57 Å². The van der Waals surface area contributed by atoms with Gasteiger partial charge in [-0.05, 0) is 61.7 Å². The molecule has 2 aromatic carbocycles. The van der Waals surface area contributed by atoms with Crippen LogP contribution in [0.5, 0.6) is 0 Å². The highest BCUT2D eigenvalue weighted by atomic mass is 32.2. The summed E-state index contributed by atoms with van der Waals surface area (Å²) in [4.78, 5) is 7.48. The summed E-state index contributed by atoms with van der Waals surface area (Å²) in [6.45, 7) is 5.14. The molecule has 0 N–H and O–H groups in total. The molecule has 6 rings (SSSR count). The van der Waals surface area contributed by atoms with Gasteiger partial charge < -0.3 is 9.64 Å². The van der Waals surface area contributed by atoms with E-state index < -0.39 is 0 Å². The molecule has 0 aromatic heterocycles. The third kappa shape index (κ3) is 3.42. The highest BCUT2D eigenvalue weighted by Gasteiger charge is 2.28. The molecule has 2 aromatic rings. The molecular formula is C23H26N2OS. The van der Waals surface area contributed by atoms with Crippen LogP contribution in [0.25, 0.3) is 0 Å². The summed E-state index contributed by atoms with van der Waals surface area (Å²) in [6.07, 6.45) is 5.01. The van der Waals surface area contributed by atoms with Gasteiger partial charge in [0.15, 0.2) is 0 Å². The molecule has 0 atom stereocenters. The van der Waals surface area contributed by atoms with Gasteiger partial charge in [-0.2, -0.15) is 0 Å². The van der Waals surface area contributed by atoms with Crippen LogP contribution >= 0.6 is 11.8 Å². The fourth-order valence-electron chi connectivity index (χ4n) is 4.50. The molecule has 4 aliphatic rings. The van der Waals surface area contributed by atoms with E-state index in [2.05, 4.69) is 65.4 Å². The van der Waals surface area contributed by atoms with Crippen LogP contribution in [0, 0.1) is 5.92 Å². The fraction of sp³-hybridized carbons (Fsp3) is 0.391. The van der Waals surface area contributed by atoms with Gasteiger partial charge in [-0.15, -0.1) is 0 Å². The number of piperidine rings is 3. The predicted octanol–water partition coefficient (Wildman–Crippen LogP) is 5.09. The van der Waals surface area contributed by atoms with Gasteiger partial charge in [-0.1, -0.05) is 41.6 Å². The van der Waals surface area contributed by atoms with Crippen LogP contribution in [0.2, 0.25) is 0 Å². The Hall–Kier alpha value is -1.75. The second-order valence-electron chi connectivity index (χ2n) is 7.78. The lowest BCUT2D eigenvalue weighted by Crippen LogP contribution is -2.43. The van der Waals surface area contributed by atoms with Crippen molar-refractivity contribution in [2.24, 2.45) is 5.92 Å². The SMILES string of the molecule is CN1c2ccccc2Sc2cc(COCC=C3CN4CCC3CC4)ccc21. The van der Waals surface area contributed by atoms with Crippen LogP contribution < -0.4 is 4.90 Å². The summed E-state index contributed by atoms with van der Waals surface area (Å²) in [5.41, 5.74) is 5.41. The molecule has 4 aliphatic heterocycles. The summed E-state index contributed by atoms with van der Waals surface area (Å²) >= 11 is 1.86. The predicted molar refractivity (Wildman–Crippen MR) is 112 cm³/mol. The Kier molecular flexibility index (Phi) is 4.72. The molecule has 0 amide bonds. The molecule has 4 heterocycles. The zero-order chi connectivity index (χ0) is 18.2. The summed E-state index contributed by atoms with van der Waals surface area (Å²) in [5.74, 6) is 0.814. The van der Waals surface area contributed by atoms with E-state index in [9.17, 15) is 0 Å². The maximum atomic E-state index is 6.00. The largest absolute Gasteiger partial charge is 0.373 e. The van der Waals surface area contributed by atoms with Crippen molar-refractivity contribution in [2.45, 2.75) is 29.2 Å². The topological polar surface area (TPSA) is 15.7 Å². The van der Waals surface area contributed by atoms with Crippen LogP contribution in [0.15, 0.2) is 63.9 Å². The van der Waals surface area contributed by atoms with Gasteiger partial charge in [0.05, 0.1) is 24.6 Å². The number of benzene rings is 2. The molecule has 27 heavy (non-hydrogen) atoms. The number of anilines is 2. The second kappa shape index (κ2) is 7.34. The number of hydrogen-bond donors (Lipinski definition) is 0. The van der Waals surface area contributed by atoms with Crippen LogP contribution in [0.1, 0.15) is 18.4 Å². The van der Waals surface area contributed by atoms with Gasteiger partial charge in [0.2, 0.25) is 0 Å². The number of hydrogen-bond acceptors (Lipinski definition) is 4. The molecule has 140 valence electrons. The van der Waals surface area contributed by atoms with Crippen molar-refractivity contribution in [3.63, 3.8) is 0 Å². The zero-order valence-electron chi connectivity index (χ0n) is 15.9. The molecule has 3 fully saturated rings. The van der Waals surface area contributed by atoms with E-state index in [-0.39, 0.29) is 0 Å². The first-order valence-electron chi connectivity index (χ1n) is 9.90. The molecule has 4 heteroatoms. The summed E-state index contributed by atoms with van der Waals surface area (Å²) in [6, 6.07) is 15.3. The van der Waals surface area contributed by atoms with Crippen LogP contribution in [-0.4, -0.2) is 38.2 Å². The van der Waals surface area contributed by atoms with Gasteiger partial charge >= 0.3 is 0 Å². The Labute approximate surface area is 166 Å². The zero-order valence-corrected chi connectivity index (χ0v) is 16.7. The summed E-state index contributed by atoms with van der Waals surface area (Å²) < 4.78 is 6.00. The van der Waals surface area contributed by atoms with Crippen molar-refractivity contribution in [1.82, 2.24) is 4.90 Å². The molecule has 0 radical (unpaired) electrons. The maximum Gasteiger partial charge on any atom is 0.0721 e. The van der Waals surface area contributed by atoms with Crippen molar-refractivity contribution >= 4 is 23.1 Å². The fourth-order valence-corrected chi connectivity index (χ4v) is 5.71. The molecule has 3 nitrogen and oxygen atoms in total. The lowest BCUT2D eigenvalue weighted by Gasteiger charge is -2.41. The van der Waals surface area contributed by atoms with Gasteiger partial charge in [-0.25, -0.2) is 0 Å². The first kappa shape index (κ1) is 17.4. The first-order chi connectivity index (χ1) is 13.3. The molecule has 3 saturated heterocycles. The van der Waals surface area contributed by atoms with Crippen LogP contribution in [0.4, 0.5) is 11.4 Å². The summed E-state index contributed by atoms with van der Waals surface area (Å²) in [5, 5.41) is 0. The average Bonchev–Trinajstić information content (AvgIpc) is 2.72. The van der Waals surface area contributed by atoms with E-state index in [0.717, 1.165) is 19.1 Å². The third-order valence-corrected chi connectivity index (χ3v) is 7.19. The molecule has 0 saturated carbocycles. The molecule has 2 bridgehead atoms. The van der Waals surface area contributed by atoms with Crippen molar-refractivity contribution in [3.8, 4) is 0 Å². The quantitative estimate of drug-likeness (QED) is 0.544. The highest BCUT2D eigenvalue weighted by molar-refractivity contribution is 7.99. The van der Waals surface area contributed by atoms with E-state index >= 15 is 0 Å². The monoisotopic (exact) mass is 378 g/mol. The Morgan fingerprint density at radius 1 is 1.07 bits per heavy atom. The van der Waals surface area contributed by atoms with Gasteiger partial charge in [0.1, 0.15) is 0 Å². The lowest BCUT2D eigenvalue weighted by molar-refractivity contribution is 0.138. The normalized spacial score (nSPS) is 24.8. The second-order valence-corrected chi connectivity index (χ2v) is 8.86. The smallest absolute Gasteiger partial charge is 0.0721 e. The average molecular weight is 379 g/mol. The van der Waals surface area contributed by atoms with Crippen LogP contribution in [-0.2, 0) is 11.3 Å². The van der Waals surface area contributed by atoms with Gasteiger partial charge in [0, 0.05) is 23.4 Å².